The number of carbonyl (C=O) groups excluding carboxylic acids is 2. The molecule has 2 saturated heterocycles. The van der Waals surface area contributed by atoms with Gasteiger partial charge in [0.05, 0.1) is 33.8 Å². The second-order valence-corrected chi connectivity index (χ2v) is 21.0. The molecule has 0 unspecified atom stereocenters. The van der Waals surface area contributed by atoms with Crippen LogP contribution in [0.2, 0.25) is 10.0 Å². The number of fused-ring (bicyclic) bond motifs is 2. The van der Waals surface area contributed by atoms with Gasteiger partial charge < -0.3 is 36.6 Å². The number of alkyl halides is 1. The molecule has 15 nitrogen and oxygen atoms in total. The number of nitrogen functional groups attached to an aromatic ring is 1. The molecule has 20 heteroatoms. The molecular weight excluding hydrogens is 1130 g/mol. The number of likely N-dealkylation sites (tertiary alicyclic amines) is 2. The van der Waals surface area contributed by atoms with Gasteiger partial charge in [0, 0.05) is 126 Å². The highest BCUT2D eigenvalue weighted by atomic mass is 79.9. The van der Waals surface area contributed by atoms with Gasteiger partial charge in [0.25, 0.3) is 0 Å². The summed E-state index contributed by atoms with van der Waals surface area (Å²) in [6.45, 7) is 6.60. The van der Waals surface area contributed by atoms with E-state index in [2.05, 4.69) is 98.0 Å². The number of rotatable bonds is 16. The van der Waals surface area contributed by atoms with Crippen LogP contribution in [0.15, 0.2) is 146 Å². The van der Waals surface area contributed by atoms with Crippen molar-refractivity contribution < 1.29 is 9.59 Å². The Morgan fingerprint density at radius 1 is 0.692 bits per heavy atom. The molecule has 10 rings (SSSR count). The standard InChI is InChI=1S/C30H34ClN7O.C24H25ClN6.C4H4BrClO.ClH/c1-37(2)15-5-8-28(39)34-22-11-9-21(10-12-22)20-38-16-13-23(14-17-38)35-30-33-19-26(31)29(36-30)25-18-32-27-7-4-3-6-24(25)27;25-21-14-28-24(30-23(21)20-13-27-22-4-2-1-3-19(20)22)29-18-9-11-31(12-10-18)15-16-5-7-17(26)8-6-16;5-3-1-2-4(6)7;/h3-12,18-19,23,32H,13-17,20H2,1-2H3,(H,34,39)(H,33,35,36);1-8,13-14,18,27H,9-12,15,26H2,(H,28,29,30);1-2H,3H2;1H/b8-5+;;2-1+;. The first kappa shape index (κ1) is 59.3. The van der Waals surface area contributed by atoms with E-state index in [1.165, 1.54) is 17.2 Å². The third kappa shape index (κ3) is 17.3. The zero-order valence-corrected chi connectivity index (χ0v) is 48.1. The number of anilines is 4. The molecule has 2 fully saturated rings. The van der Waals surface area contributed by atoms with Crippen LogP contribution < -0.4 is 21.7 Å². The quantitative estimate of drug-likeness (QED) is 0.0233. The molecule has 78 heavy (non-hydrogen) atoms. The van der Waals surface area contributed by atoms with Gasteiger partial charge in [-0.15, -0.1) is 12.4 Å². The molecule has 2 aliphatic rings. The van der Waals surface area contributed by atoms with Gasteiger partial charge in [-0.25, -0.2) is 19.9 Å². The normalized spacial score (nSPS) is 14.4. The van der Waals surface area contributed by atoms with E-state index < -0.39 is 5.24 Å². The minimum atomic E-state index is -0.431. The van der Waals surface area contributed by atoms with Gasteiger partial charge in [-0.05, 0) is 105 Å². The van der Waals surface area contributed by atoms with Gasteiger partial charge in [0.2, 0.25) is 23.0 Å². The van der Waals surface area contributed by atoms with E-state index in [-0.39, 0.29) is 18.3 Å². The van der Waals surface area contributed by atoms with E-state index in [9.17, 15) is 9.59 Å². The van der Waals surface area contributed by atoms with Crippen molar-refractivity contribution in [2.75, 3.05) is 73.8 Å². The maximum Gasteiger partial charge on any atom is 0.248 e. The van der Waals surface area contributed by atoms with Gasteiger partial charge in [-0.2, -0.15) is 0 Å². The van der Waals surface area contributed by atoms with Crippen molar-refractivity contribution in [2.45, 2.75) is 50.9 Å². The molecule has 0 bridgehead atoms. The minimum Gasteiger partial charge on any atom is -0.399 e. The monoisotopic (exact) mass is 1190 g/mol. The second kappa shape index (κ2) is 29.6. The van der Waals surface area contributed by atoms with Crippen molar-refractivity contribution >= 4 is 119 Å². The smallest absolute Gasteiger partial charge is 0.248 e. The van der Waals surface area contributed by atoms with E-state index in [0.29, 0.717) is 39.4 Å². The Bertz CT molecular complexity index is 3260. The number of benzene rings is 4. The summed E-state index contributed by atoms with van der Waals surface area (Å²) in [6, 6.07) is 33.2. The van der Waals surface area contributed by atoms with Crippen molar-refractivity contribution in [3.05, 3.63) is 167 Å². The Morgan fingerprint density at radius 3 is 1.59 bits per heavy atom. The molecule has 7 N–H and O–H groups in total. The summed E-state index contributed by atoms with van der Waals surface area (Å²) in [5.74, 6) is 1.12. The fourth-order valence-electron chi connectivity index (χ4n) is 9.15. The lowest BCUT2D eigenvalue weighted by molar-refractivity contribution is -0.112. The SMILES string of the molecule is CN(C)C/C=C/C(=O)Nc1ccc(CN2CCC(Nc3ncc(Cl)c(-c4c[nH]c5ccccc45)n3)CC2)cc1.Cl.Nc1ccc(CN2CCC(Nc3ncc(Cl)c(-c4c[nH]c5ccccc45)n3)CC2)cc1.O=C(Cl)/C=C/CBr. The summed E-state index contributed by atoms with van der Waals surface area (Å²) < 4.78 is 0. The molecule has 1 amide bonds. The number of para-hydroxylation sites is 2. The van der Waals surface area contributed by atoms with Gasteiger partial charge in [-0.3, -0.25) is 19.4 Å². The molecule has 0 aliphatic carbocycles. The van der Waals surface area contributed by atoms with Crippen molar-refractivity contribution in [3.63, 3.8) is 0 Å². The Balaban J connectivity index is 0.000000203. The highest BCUT2D eigenvalue weighted by molar-refractivity contribution is 9.09. The molecule has 6 heterocycles. The van der Waals surface area contributed by atoms with Gasteiger partial charge in [0.1, 0.15) is 0 Å². The van der Waals surface area contributed by atoms with Crippen molar-refractivity contribution in [2.24, 2.45) is 0 Å². The maximum absolute atomic E-state index is 12.1. The number of H-pyrrole nitrogens is 2. The van der Waals surface area contributed by atoms with Crippen molar-refractivity contribution in [1.82, 2.24) is 44.6 Å². The molecular formula is C58H64BrCl4N13O2. The van der Waals surface area contributed by atoms with Crippen LogP contribution in [0, 0.1) is 0 Å². The molecule has 8 aromatic rings. The van der Waals surface area contributed by atoms with E-state index in [0.717, 1.165) is 127 Å². The Kier molecular flexibility index (Phi) is 22.5. The Labute approximate surface area is 485 Å². The third-order valence-electron chi connectivity index (χ3n) is 13.1. The number of nitrogens with two attached hydrogens (primary N) is 1. The van der Waals surface area contributed by atoms with Crippen LogP contribution in [0.4, 0.5) is 23.3 Å². The van der Waals surface area contributed by atoms with Crippen LogP contribution in [0.3, 0.4) is 0 Å². The summed E-state index contributed by atoms with van der Waals surface area (Å²) in [7, 11) is 3.94. The fourth-order valence-corrected chi connectivity index (χ4v) is 9.81. The Hall–Kier alpha value is -6.34. The number of amides is 1. The lowest BCUT2D eigenvalue weighted by Gasteiger charge is -2.32. The number of likely N-dealkylation sites (N-methyl/N-ethyl adjacent to an activating group) is 1. The number of nitrogens with one attached hydrogen (secondary N) is 5. The number of nitrogens with zero attached hydrogens (tertiary/aromatic N) is 7. The lowest BCUT2D eigenvalue weighted by Crippen LogP contribution is -2.39. The number of aromatic nitrogens is 6. The van der Waals surface area contributed by atoms with E-state index in [4.69, 9.17) is 50.5 Å². The van der Waals surface area contributed by atoms with E-state index in [1.54, 1.807) is 24.5 Å². The molecule has 0 saturated carbocycles. The molecule has 0 radical (unpaired) electrons. The largest absolute Gasteiger partial charge is 0.399 e. The maximum atomic E-state index is 12.1. The zero-order valence-electron chi connectivity index (χ0n) is 43.4. The second-order valence-electron chi connectivity index (χ2n) is 19.1. The van der Waals surface area contributed by atoms with E-state index in [1.807, 2.05) is 98.1 Å². The van der Waals surface area contributed by atoms with Crippen molar-refractivity contribution in [3.8, 4) is 22.5 Å². The summed E-state index contributed by atoms with van der Waals surface area (Å²) in [4.78, 5) is 53.8. The first-order valence-corrected chi connectivity index (χ1v) is 27.8. The molecule has 408 valence electrons. The highest BCUT2D eigenvalue weighted by Crippen LogP contribution is 2.34. The first-order valence-electron chi connectivity index (χ1n) is 25.5. The van der Waals surface area contributed by atoms with Crippen LogP contribution >= 0.6 is 63.1 Å². The number of halogens is 5. The van der Waals surface area contributed by atoms with Gasteiger partial charge >= 0.3 is 0 Å². The lowest BCUT2D eigenvalue weighted by atomic mass is 10.0. The number of allylic oxidation sites excluding steroid dienone is 2. The van der Waals surface area contributed by atoms with Crippen LogP contribution in [-0.4, -0.2) is 120 Å². The number of hydrogen-bond donors (Lipinski definition) is 6. The van der Waals surface area contributed by atoms with Crippen LogP contribution in [-0.2, 0) is 22.7 Å². The van der Waals surface area contributed by atoms with Crippen LogP contribution in [0.25, 0.3) is 44.3 Å². The van der Waals surface area contributed by atoms with Gasteiger partial charge in [-0.1, -0.05) is 112 Å². The van der Waals surface area contributed by atoms with E-state index >= 15 is 0 Å². The molecule has 0 atom stereocenters. The third-order valence-corrected chi connectivity index (χ3v) is 14.2. The topological polar surface area (TPSA) is 189 Å². The van der Waals surface area contributed by atoms with Crippen molar-refractivity contribution in [1.29, 1.82) is 0 Å². The number of carbonyl (C=O) groups is 2. The summed E-state index contributed by atoms with van der Waals surface area (Å²) in [5, 5.41) is 13.5. The summed E-state index contributed by atoms with van der Waals surface area (Å²) >= 11 is 20.9. The first-order chi connectivity index (χ1) is 37.4. The van der Waals surface area contributed by atoms with Gasteiger partial charge in [0.15, 0.2) is 0 Å². The molecule has 2 aliphatic heterocycles. The highest BCUT2D eigenvalue weighted by Gasteiger charge is 2.23. The predicted molar refractivity (Wildman–Crippen MR) is 327 cm³/mol. The molecule has 0 spiro atoms. The molecule has 4 aromatic carbocycles. The average Bonchev–Trinajstić information content (AvgIpc) is 4.08. The number of hydrogen-bond acceptors (Lipinski definition) is 12. The summed E-state index contributed by atoms with van der Waals surface area (Å²) in [5.41, 5.74) is 15.5. The number of piperidine rings is 2. The average molecular weight is 1200 g/mol. The summed E-state index contributed by atoms with van der Waals surface area (Å²) in [6.07, 6.45) is 17.7. The zero-order chi connectivity index (χ0) is 54.1. The Morgan fingerprint density at radius 2 is 1.15 bits per heavy atom. The minimum absolute atomic E-state index is 0. The van der Waals surface area contributed by atoms with Crippen LogP contribution in [0.5, 0.6) is 0 Å². The predicted octanol–water partition coefficient (Wildman–Crippen LogP) is 12.5. The molecule has 4 aromatic heterocycles. The van der Waals surface area contributed by atoms with Crippen LogP contribution in [0.1, 0.15) is 36.8 Å². The fraction of sp³-hybridized carbons (Fsp3) is 0.276. The number of aromatic amines is 2.